The molecule has 0 spiro atoms. The first-order valence-electron chi connectivity index (χ1n) is 10.0. The number of rotatable bonds is 9. The normalized spacial score (nSPS) is 10.5. The van der Waals surface area contributed by atoms with Gasteiger partial charge in [0.15, 0.2) is 11.7 Å². The van der Waals surface area contributed by atoms with E-state index in [1.165, 1.54) is 11.3 Å². The fourth-order valence-electron chi connectivity index (χ4n) is 2.97. The molecule has 1 aromatic heterocycles. The molecule has 1 heterocycles. The molecule has 3 aromatic carbocycles. The topological polar surface area (TPSA) is 60.5 Å². The number of thiazole rings is 1. The summed E-state index contributed by atoms with van der Waals surface area (Å²) in [5.41, 5.74) is 2.20. The molecular formula is C25H21ClN2O3S. The smallest absolute Gasteiger partial charge is 0.264 e. The zero-order chi connectivity index (χ0) is 22.2. The molecule has 0 fully saturated rings. The van der Waals surface area contributed by atoms with Crippen LogP contribution in [0.5, 0.6) is 11.5 Å². The molecule has 0 atom stereocenters. The number of benzene rings is 3. The number of carbonyl (C=O) groups excluding carboxylic acids is 1. The summed E-state index contributed by atoms with van der Waals surface area (Å²) in [6.07, 6.45) is 2.47. The fourth-order valence-corrected chi connectivity index (χ4v) is 4.05. The number of carbonyl (C=O) groups is 1. The van der Waals surface area contributed by atoms with Gasteiger partial charge >= 0.3 is 0 Å². The van der Waals surface area contributed by atoms with E-state index in [-0.39, 0.29) is 12.5 Å². The molecule has 0 aliphatic carbocycles. The zero-order valence-electron chi connectivity index (χ0n) is 17.2. The highest BCUT2D eigenvalue weighted by Gasteiger charge is 2.09. The van der Waals surface area contributed by atoms with E-state index in [1.54, 1.807) is 18.3 Å². The summed E-state index contributed by atoms with van der Waals surface area (Å²) in [7, 11) is 0. The molecule has 0 saturated carbocycles. The van der Waals surface area contributed by atoms with Crippen LogP contribution in [0.1, 0.15) is 16.0 Å². The lowest BCUT2D eigenvalue weighted by Crippen LogP contribution is -2.19. The lowest BCUT2D eigenvalue weighted by molar-refractivity contribution is -0.118. The van der Waals surface area contributed by atoms with Crippen molar-refractivity contribution in [1.29, 1.82) is 0 Å². The highest BCUT2D eigenvalue weighted by atomic mass is 35.5. The quantitative estimate of drug-likeness (QED) is 0.331. The Bertz CT molecular complexity index is 1160. The number of ether oxygens (including phenoxy) is 2. The van der Waals surface area contributed by atoms with Gasteiger partial charge in [-0.25, -0.2) is 4.98 Å². The van der Waals surface area contributed by atoms with E-state index in [0.29, 0.717) is 28.9 Å². The minimum atomic E-state index is -0.266. The molecule has 4 aromatic rings. The fraction of sp³-hybridized carbons (Fsp3) is 0.120. The molecule has 0 aliphatic rings. The number of anilines is 1. The third-order valence-corrected chi connectivity index (χ3v) is 5.66. The molecule has 0 radical (unpaired) electrons. The van der Waals surface area contributed by atoms with Gasteiger partial charge in [-0.05, 0) is 47.5 Å². The molecule has 162 valence electrons. The van der Waals surface area contributed by atoms with Crippen LogP contribution in [-0.4, -0.2) is 17.5 Å². The van der Waals surface area contributed by atoms with E-state index in [1.807, 2.05) is 66.7 Å². The average Bonchev–Trinajstić information content (AvgIpc) is 3.24. The lowest BCUT2D eigenvalue weighted by Gasteiger charge is -2.08. The van der Waals surface area contributed by atoms with E-state index in [9.17, 15) is 4.79 Å². The van der Waals surface area contributed by atoms with Crippen molar-refractivity contribution in [2.45, 2.75) is 13.0 Å². The minimum absolute atomic E-state index is 0.104. The van der Waals surface area contributed by atoms with Crippen molar-refractivity contribution in [3.8, 4) is 11.5 Å². The number of aromatic nitrogens is 1. The van der Waals surface area contributed by atoms with Crippen LogP contribution in [0.4, 0.5) is 5.13 Å². The molecule has 0 bridgehead atoms. The Morgan fingerprint density at radius 1 is 0.906 bits per heavy atom. The number of halogens is 1. The highest BCUT2D eigenvalue weighted by molar-refractivity contribution is 7.15. The molecule has 0 unspecified atom stereocenters. The van der Waals surface area contributed by atoms with E-state index in [4.69, 9.17) is 21.1 Å². The van der Waals surface area contributed by atoms with Crippen LogP contribution >= 0.6 is 22.9 Å². The van der Waals surface area contributed by atoms with Crippen molar-refractivity contribution < 1.29 is 14.3 Å². The van der Waals surface area contributed by atoms with E-state index in [0.717, 1.165) is 21.8 Å². The maximum Gasteiger partial charge on any atom is 0.264 e. The summed E-state index contributed by atoms with van der Waals surface area (Å²) in [5, 5.41) is 4.02. The first kappa shape index (κ1) is 21.9. The number of amides is 1. The molecule has 0 saturated heterocycles. The second-order valence-corrected chi connectivity index (χ2v) is 8.57. The van der Waals surface area contributed by atoms with Crippen LogP contribution in [0.25, 0.3) is 0 Å². The Morgan fingerprint density at radius 3 is 2.38 bits per heavy atom. The number of nitrogens with zero attached hydrogens (tertiary/aromatic N) is 1. The molecule has 1 N–H and O–H groups in total. The molecule has 0 aliphatic heterocycles. The van der Waals surface area contributed by atoms with E-state index in [2.05, 4.69) is 10.3 Å². The van der Waals surface area contributed by atoms with E-state index >= 15 is 0 Å². The van der Waals surface area contributed by atoms with Crippen molar-refractivity contribution in [2.24, 2.45) is 0 Å². The highest BCUT2D eigenvalue weighted by Crippen LogP contribution is 2.23. The molecule has 32 heavy (non-hydrogen) atoms. The Hall–Kier alpha value is -3.35. The molecule has 7 heteroatoms. The van der Waals surface area contributed by atoms with Crippen molar-refractivity contribution in [3.05, 3.63) is 106 Å². The van der Waals surface area contributed by atoms with Gasteiger partial charge in [-0.2, -0.15) is 0 Å². The summed E-state index contributed by atoms with van der Waals surface area (Å²) in [6, 6.07) is 24.8. The van der Waals surface area contributed by atoms with Crippen LogP contribution in [0.2, 0.25) is 5.02 Å². The van der Waals surface area contributed by atoms with Crippen LogP contribution < -0.4 is 14.8 Å². The standard InChI is InChI=1S/C25H21ClN2O3S/c26-20-8-4-7-19(13-20)14-23-15-27-25(32-23)28-24(29)17-31-22-11-9-21(10-12-22)30-16-18-5-2-1-3-6-18/h1-13,15H,14,16-17H2,(H,27,28,29). The first-order chi connectivity index (χ1) is 15.6. The van der Waals surface area contributed by atoms with Crippen LogP contribution in [0, 0.1) is 0 Å². The van der Waals surface area contributed by atoms with Crippen molar-refractivity contribution in [1.82, 2.24) is 4.98 Å². The average molecular weight is 465 g/mol. The van der Waals surface area contributed by atoms with Gasteiger partial charge < -0.3 is 9.47 Å². The van der Waals surface area contributed by atoms with Gasteiger partial charge in [-0.1, -0.05) is 54.1 Å². The van der Waals surface area contributed by atoms with Gasteiger partial charge in [-0.15, -0.1) is 11.3 Å². The number of hydrogen-bond donors (Lipinski definition) is 1. The zero-order valence-corrected chi connectivity index (χ0v) is 18.7. The van der Waals surface area contributed by atoms with Crippen LogP contribution in [-0.2, 0) is 17.8 Å². The lowest BCUT2D eigenvalue weighted by atomic mass is 10.1. The summed E-state index contributed by atoms with van der Waals surface area (Å²) < 4.78 is 11.3. The largest absolute Gasteiger partial charge is 0.489 e. The number of hydrogen-bond acceptors (Lipinski definition) is 5. The van der Waals surface area contributed by atoms with Crippen LogP contribution in [0.3, 0.4) is 0 Å². The third kappa shape index (κ3) is 6.57. The van der Waals surface area contributed by atoms with Gasteiger partial charge in [-0.3, -0.25) is 10.1 Å². The summed E-state index contributed by atoms with van der Waals surface area (Å²) in [4.78, 5) is 17.5. The second kappa shape index (κ2) is 10.8. The van der Waals surface area contributed by atoms with Gasteiger partial charge in [0.25, 0.3) is 5.91 Å². The van der Waals surface area contributed by atoms with Crippen molar-refractivity contribution in [3.63, 3.8) is 0 Å². The first-order valence-corrected chi connectivity index (χ1v) is 11.2. The Balaban J connectivity index is 1.22. The Labute approximate surface area is 195 Å². The third-order valence-electron chi connectivity index (χ3n) is 4.51. The monoisotopic (exact) mass is 464 g/mol. The van der Waals surface area contributed by atoms with Crippen LogP contribution in [0.15, 0.2) is 85.1 Å². The van der Waals surface area contributed by atoms with E-state index < -0.39 is 0 Å². The summed E-state index contributed by atoms with van der Waals surface area (Å²) in [6.45, 7) is 0.393. The maximum atomic E-state index is 12.2. The summed E-state index contributed by atoms with van der Waals surface area (Å²) >= 11 is 7.46. The minimum Gasteiger partial charge on any atom is -0.489 e. The summed E-state index contributed by atoms with van der Waals surface area (Å²) in [5.74, 6) is 1.06. The van der Waals surface area contributed by atoms with Crippen molar-refractivity contribution >= 4 is 34.0 Å². The van der Waals surface area contributed by atoms with Gasteiger partial charge in [0.1, 0.15) is 18.1 Å². The predicted molar refractivity (Wildman–Crippen MR) is 128 cm³/mol. The molecule has 4 rings (SSSR count). The second-order valence-electron chi connectivity index (χ2n) is 7.02. The predicted octanol–water partition coefficient (Wildman–Crippen LogP) is 5.98. The van der Waals surface area contributed by atoms with Gasteiger partial charge in [0.05, 0.1) is 0 Å². The van der Waals surface area contributed by atoms with Gasteiger partial charge in [0, 0.05) is 22.5 Å². The maximum absolute atomic E-state index is 12.2. The Kier molecular flexibility index (Phi) is 7.38. The SMILES string of the molecule is O=C(COc1ccc(OCc2ccccc2)cc1)Nc1ncc(Cc2cccc(Cl)c2)s1. The molecule has 1 amide bonds. The van der Waals surface area contributed by atoms with Crippen molar-refractivity contribution in [2.75, 3.05) is 11.9 Å². The molecular weight excluding hydrogens is 444 g/mol. The van der Waals surface area contributed by atoms with Gasteiger partial charge in [0.2, 0.25) is 0 Å². The Morgan fingerprint density at radius 2 is 1.62 bits per heavy atom. The number of nitrogens with one attached hydrogen (secondary N) is 1. The molecule has 5 nitrogen and oxygen atoms in total.